The molecule has 0 aromatic rings. The van der Waals surface area contributed by atoms with E-state index < -0.39 is 0 Å². The van der Waals surface area contributed by atoms with E-state index in [9.17, 15) is 5.11 Å². The number of rotatable bonds is 4. The summed E-state index contributed by atoms with van der Waals surface area (Å²) in [6.45, 7) is 11.3. The lowest BCUT2D eigenvalue weighted by molar-refractivity contribution is -0.964. The summed E-state index contributed by atoms with van der Waals surface area (Å²) < 4.78 is 0.819. The summed E-state index contributed by atoms with van der Waals surface area (Å²) in [6.07, 6.45) is -0.222. The maximum Gasteiger partial charge on any atom is 0.187 e. The second-order valence-corrected chi connectivity index (χ2v) is 2.80. The summed E-state index contributed by atoms with van der Waals surface area (Å²) in [5.41, 5.74) is 0. The molecule has 1 N–H and O–H groups in total. The second-order valence-electron chi connectivity index (χ2n) is 2.80. The fraction of sp³-hybridized carbons (Fsp3) is 1.00. The van der Waals surface area contributed by atoms with Crippen molar-refractivity contribution in [2.75, 3.05) is 19.6 Å². The van der Waals surface area contributed by atoms with Gasteiger partial charge in [0, 0.05) is 6.92 Å². The van der Waals surface area contributed by atoms with E-state index in [4.69, 9.17) is 0 Å². The van der Waals surface area contributed by atoms with Crippen LogP contribution in [0.25, 0.3) is 0 Å². The van der Waals surface area contributed by atoms with Crippen molar-refractivity contribution in [3.63, 3.8) is 0 Å². The van der Waals surface area contributed by atoms with Crippen LogP contribution in [-0.2, 0) is 0 Å². The van der Waals surface area contributed by atoms with Crippen LogP contribution in [0, 0.1) is 0 Å². The van der Waals surface area contributed by atoms with Crippen molar-refractivity contribution in [2.45, 2.75) is 33.9 Å². The molecule has 0 aliphatic rings. The van der Waals surface area contributed by atoms with Gasteiger partial charge in [-0.1, -0.05) is 0 Å². The highest BCUT2D eigenvalue weighted by Gasteiger charge is 2.25. The van der Waals surface area contributed by atoms with Crippen LogP contribution in [0.15, 0.2) is 0 Å². The lowest BCUT2D eigenvalue weighted by Crippen LogP contribution is -3.00. The molecular formula is C8H20BrNO. The highest BCUT2D eigenvalue weighted by atomic mass is 79.9. The Morgan fingerprint density at radius 1 is 1.09 bits per heavy atom. The van der Waals surface area contributed by atoms with Crippen molar-refractivity contribution in [1.82, 2.24) is 0 Å². The van der Waals surface area contributed by atoms with Gasteiger partial charge in [-0.15, -0.1) is 0 Å². The fourth-order valence-corrected chi connectivity index (χ4v) is 1.46. The molecule has 0 aliphatic carbocycles. The maximum absolute atomic E-state index is 9.43. The number of quaternary nitrogens is 1. The highest BCUT2D eigenvalue weighted by molar-refractivity contribution is 4.36. The smallest absolute Gasteiger partial charge is 0.187 e. The summed E-state index contributed by atoms with van der Waals surface area (Å²) in [4.78, 5) is 0. The molecule has 0 saturated carbocycles. The van der Waals surface area contributed by atoms with Gasteiger partial charge >= 0.3 is 0 Å². The zero-order valence-electron chi connectivity index (χ0n) is 7.97. The number of halogens is 1. The molecule has 0 amide bonds. The largest absolute Gasteiger partial charge is 1.00 e. The third-order valence-electron chi connectivity index (χ3n) is 2.68. The Morgan fingerprint density at radius 2 is 1.36 bits per heavy atom. The van der Waals surface area contributed by atoms with Crippen LogP contribution in [0.1, 0.15) is 27.7 Å². The number of hydrogen-bond acceptors (Lipinski definition) is 1. The van der Waals surface area contributed by atoms with Gasteiger partial charge in [0.2, 0.25) is 0 Å². The van der Waals surface area contributed by atoms with Crippen LogP contribution < -0.4 is 17.0 Å². The van der Waals surface area contributed by atoms with E-state index in [1.165, 1.54) is 0 Å². The van der Waals surface area contributed by atoms with E-state index in [-0.39, 0.29) is 23.2 Å². The molecule has 11 heavy (non-hydrogen) atoms. The van der Waals surface area contributed by atoms with Gasteiger partial charge in [0.1, 0.15) is 0 Å². The van der Waals surface area contributed by atoms with E-state index in [1.54, 1.807) is 0 Å². The molecule has 0 aromatic heterocycles. The molecule has 70 valence electrons. The molecular weight excluding hydrogens is 206 g/mol. The number of nitrogens with zero attached hydrogens (tertiary/aromatic N) is 1. The zero-order chi connectivity index (χ0) is 8.20. The van der Waals surface area contributed by atoms with Gasteiger partial charge in [-0.25, -0.2) is 0 Å². The molecule has 1 atom stereocenters. The fourth-order valence-electron chi connectivity index (χ4n) is 1.46. The Balaban J connectivity index is 0. The maximum atomic E-state index is 9.43. The Labute approximate surface area is 80.6 Å². The summed E-state index contributed by atoms with van der Waals surface area (Å²) >= 11 is 0. The molecule has 0 heterocycles. The Morgan fingerprint density at radius 3 is 1.36 bits per heavy atom. The van der Waals surface area contributed by atoms with Crippen molar-refractivity contribution >= 4 is 0 Å². The van der Waals surface area contributed by atoms with E-state index in [0.29, 0.717) is 0 Å². The minimum atomic E-state index is -0.222. The predicted molar refractivity (Wildman–Crippen MR) is 43.6 cm³/mol. The predicted octanol–water partition coefficient (Wildman–Crippen LogP) is -1.79. The molecule has 0 fully saturated rings. The standard InChI is InChI=1S/C8H20NO.BrH/c1-5-9(6-2,7-3)8(4)10;/h8,10H,5-7H2,1-4H3;1H/q+1;/p-1. The summed E-state index contributed by atoms with van der Waals surface area (Å²) in [7, 11) is 0. The lowest BCUT2D eigenvalue weighted by atomic mass is 10.3. The van der Waals surface area contributed by atoms with Crippen molar-refractivity contribution < 1.29 is 26.6 Å². The Kier molecular flexibility index (Phi) is 7.58. The van der Waals surface area contributed by atoms with Crippen molar-refractivity contribution in [3.8, 4) is 0 Å². The lowest BCUT2D eigenvalue weighted by Gasteiger charge is -2.38. The molecule has 3 heteroatoms. The topological polar surface area (TPSA) is 20.2 Å². The van der Waals surface area contributed by atoms with Gasteiger partial charge in [-0.2, -0.15) is 0 Å². The van der Waals surface area contributed by atoms with Gasteiger partial charge in [-0.05, 0) is 20.8 Å². The highest BCUT2D eigenvalue weighted by Crippen LogP contribution is 2.09. The minimum Gasteiger partial charge on any atom is -1.00 e. The first-order chi connectivity index (χ1) is 4.63. The Bertz CT molecular complexity index is 83.8. The van der Waals surface area contributed by atoms with Gasteiger partial charge in [0.05, 0.1) is 19.6 Å². The van der Waals surface area contributed by atoms with E-state index in [0.717, 1.165) is 24.1 Å². The quantitative estimate of drug-likeness (QED) is 0.443. The van der Waals surface area contributed by atoms with Crippen LogP contribution in [0.3, 0.4) is 0 Å². The van der Waals surface area contributed by atoms with Gasteiger partial charge in [0.25, 0.3) is 0 Å². The average molecular weight is 226 g/mol. The van der Waals surface area contributed by atoms with Crippen LogP contribution in [0.2, 0.25) is 0 Å². The van der Waals surface area contributed by atoms with Crippen LogP contribution >= 0.6 is 0 Å². The molecule has 0 saturated heterocycles. The molecule has 0 aliphatic heterocycles. The summed E-state index contributed by atoms with van der Waals surface area (Å²) in [5, 5.41) is 9.43. The van der Waals surface area contributed by atoms with E-state index in [1.807, 2.05) is 6.92 Å². The first-order valence-corrected chi connectivity index (χ1v) is 4.16. The SMILES string of the molecule is CC[N+](CC)(CC)C(C)O.[Br-]. The van der Waals surface area contributed by atoms with Crippen molar-refractivity contribution in [3.05, 3.63) is 0 Å². The van der Waals surface area contributed by atoms with Crippen LogP contribution in [0.5, 0.6) is 0 Å². The number of aliphatic hydroxyl groups is 1. The Hall–Kier alpha value is 0.400. The third-order valence-corrected chi connectivity index (χ3v) is 2.68. The van der Waals surface area contributed by atoms with Crippen molar-refractivity contribution in [2.24, 2.45) is 0 Å². The summed E-state index contributed by atoms with van der Waals surface area (Å²) in [6, 6.07) is 0. The minimum absolute atomic E-state index is 0. The monoisotopic (exact) mass is 225 g/mol. The van der Waals surface area contributed by atoms with Gasteiger partial charge in [0.15, 0.2) is 6.23 Å². The van der Waals surface area contributed by atoms with E-state index in [2.05, 4.69) is 20.8 Å². The first kappa shape index (κ1) is 14.0. The summed E-state index contributed by atoms with van der Waals surface area (Å²) in [5.74, 6) is 0. The third kappa shape index (κ3) is 3.09. The number of hydrogen-bond donors (Lipinski definition) is 1. The zero-order valence-corrected chi connectivity index (χ0v) is 9.56. The van der Waals surface area contributed by atoms with Crippen molar-refractivity contribution in [1.29, 1.82) is 0 Å². The molecule has 0 spiro atoms. The van der Waals surface area contributed by atoms with E-state index >= 15 is 0 Å². The normalized spacial score (nSPS) is 13.9. The van der Waals surface area contributed by atoms with Crippen LogP contribution in [-0.4, -0.2) is 35.5 Å². The first-order valence-electron chi connectivity index (χ1n) is 4.16. The number of aliphatic hydroxyl groups excluding tert-OH is 1. The second kappa shape index (κ2) is 5.98. The molecule has 1 unspecified atom stereocenters. The van der Waals surface area contributed by atoms with Gasteiger partial charge < -0.3 is 22.1 Å². The molecule has 0 radical (unpaired) electrons. The molecule has 0 rings (SSSR count). The molecule has 0 bridgehead atoms. The average Bonchev–Trinajstić information content (AvgIpc) is 1.92. The van der Waals surface area contributed by atoms with Gasteiger partial charge in [-0.3, -0.25) is 4.48 Å². The molecule has 0 aromatic carbocycles. The van der Waals surface area contributed by atoms with Crippen LogP contribution in [0.4, 0.5) is 0 Å². The molecule has 2 nitrogen and oxygen atoms in total.